The van der Waals surface area contributed by atoms with Gasteiger partial charge in [-0.25, -0.2) is 4.39 Å². The third-order valence-corrected chi connectivity index (χ3v) is 4.71. The van der Waals surface area contributed by atoms with Gasteiger partial charge in [-0.3, -0.25) is 0 Å². The molecule has 0 aliphatic heterocycles. The Balaban J connectivity index is 2.51. The van der Waals surface area contributed by atoms with E-state index in [0.29, 0.717) is 10.6 Å². The Hall–Kier alpha value is -0.650. The fourth-order valence-corrected chi connectivity index (χ4v) is 3.24. The monoisotopic (exact) mass is 417 g/mol. The van der Waals surface area contributed by atoms with E-state index in [4.69, 9.17) is 11.6 Å². The minimum Gasteiger partial charge on any atom is -0.306 e. The number of hydrogen-bond acceptors (Lipinski definition) is 1. The molecular formula is C17H18ClFIN. The Morgan fingerprint density at radius 3 is 2.62 bits per heavy atom. The van der Waals surface area contributed by atoms with E-state index in [-0.39, 0.29) is 11.9 Å². The fraction of sp³-hybridized carbons (Fsp3) is 0.294. The molecule has 4 heteroatoms. The average molecular weight is 418 g/mol. The van der Waals surface area contributed by atoms with Crippen LogP contribution < -0.4 is 5.32 Å². The maximum atomic E-state index is 13.7. The lowest BCUT2D eigenvalue weighted by Gasteiger charge is -2.22. The normalized spacial score (nSPS) is 12.4. The third-order valence-electron chi connectivity index (χ3n) is 3.40. The Kier molecular flexibility index (Phi) is 6.02. The molecule has 0 spiro atoms. The summed E-state index contributed by atoms with van der Waals surface area (Å²) in [7, 11) is 0. The van der Waals surface area contributed by atoms with Crippen LogP contribution in [0.4, 0.5) is 4.39 Å². The number of aryl methyl sites for hydroxylation is 1. The summed E-state index contributed by atoms with van der Waals surface area (Å²) in [5.74, 6) is -0.263. The van der Waals surface area contributed by atoms with Crippen LogP contribution in [-0.2, 0) is 0 Å². The molecular weight excluding hydrogens is 400 g/mol. The second kappa shape index (κ2) is 7.56. The van der Waals surface area contributed by atoms with Gasteiger partial charge >= 0.3 is 0 Å². The number of hydrogen-bond donors (Lipinski definition) is 1. The van der Waals surface area contributed by atoms with Crippen molar-refractivity contribution in [2.75, 3.05) is 6.54 Å². The molecule has 2 rings (SSSR count). The van der Waals surface area contributed by atoms with Gasteiger partial charge in [0.25, 0.3) is 0 Å². The maximum absolute atomic E-state index is 13.7. The molecule has 2 aromatic rings. The molecule has 21 heavy (non-hydrogen) atoms. The van der Waals surface area contributed by atoms with E-state index in [1.165, 1.54) is 15.2 Å². The van der Waals surface area contributed by atoms with Crippen molar-refractivity contribution < 1.29 is 4.39 Å². The number of rotatable bonds is 5. The lowest BCUT2D eigenvalue weighted by atomic mass is 9.97. The first-order chi connectivity index (χ1) is 10.0. The first kappa shape index (κ1) is 16.7. The summed E-state index contributed by atoms with van der Waals surface area (Å²) < 4.78 is 14.8. The van der Waals surface area contributed by atoms with Gasteiger partial charge in [0.1, 0.15) is 5.82 Å². The van der Waals surface area contributed by atoms with E-state index < -0.39 is 0 Å². The predicted octanol–water partition coefficient (Wildman–Crippen LogP) is 5.48. The summed E-state index contributed by atoms with van der Waals surface area (Å²) in [5, 5.41) is 3.98. The van der Waals surface area contributed by atoms with E-state index >= 15 is 0 Å². The van der Waals surface area contributed by atoms with Crippen molar-refractivity contribution >= 4 is 34.2 Å². The van der Waals surface area contributed by atoms with Gasteiger partial charge in [-0.1, -0.05) is 36.7 Å². The van der Waals surface area contributed by atoms with Crippen molar-refractivity contribution in [1.29, 1.82) is 0 Å². The zero-order chi connectivity index (χ0) is 15.4. The molecule has 1 nitrogen and oxygen atoms in total. The molecule has 0 bridgehead atoms. The molecule has 0 aliphatic carbocycles. The van der Waals surface area contributed by atoms with Crippen LogP contribution >= 0.6 is 34.2 Å². The molecule has 1 atom stereocenters. The van der Waals surface area contributed by atoms with E-state index in [0.717, 1.165) is 18.5 Å². The smallest absolute Gasteiger partial charge is 0.127 e. The van der Waals surface area contributed by atoms with Crippen molar-refractivity contribution in [3.63, 3.8) is 0 Å². The van der Waals surface area contributed by atoms with Crippen molar-refractivity contribution in [2.45, 2.75) is 26.3 Å². The zero-order valence-electron chi connectivity index (χ0n) is 12.1. The van der Waals surface area contributed by atoms with Crippen molar-refractivity contribution in [3.05, 3.63) is 67.5 Å². The summed E-state index contributed by atoms with van der Waals surface area (Å²) >= 11 is 8.62. The topological polar surface area (TPSA) is 12.0 Å². The quantitative estimate of drug-likeness (QED) is 0.635. The third kappa shape index (κ3) is 3.96. The van der Waals surface area contributed by atoms with Crippen LogP contribution in [0.2, 0.25) is 5.02 Å². The molecule has 1 N–H and O–H groups in total. The van der Waals surface area contributed by atoms with Crippen LogP contribution in [0.1, 0.15) is 36.1 Å². The highest BCUT2D eigenvalue weighted by molar-refractivity contribution is 14.1. The van der Waals surface area contributed by atoms with Gasteiger partial charge in [-0.2, -0.15) is 0 Å². The molecule has 2 aromatic carbocycles. The summed E-state index contributed by atoms with van der Waals surface area (Å²) in [4.78, 5) is 0. The van der Waals surface area contributed by atoms with Crippen LogP contribution in [0.25, 0.3) is 0 Å². The first-order valence-corrected chi connectivity index (χ1v) is 8.43. The molecule has 1 unspecified atom stereocenters. The minimum absolute atomic E-state index is 0.0233. The maximum Gasteiger partial charge on any atom is 0.127 e. The van der Waals surface area contributed by atoms with Gasteiger partial charge in [0, 0.05) is 8.59 Å². The van der Waals surface area contributed by atoms with Gasteiger partial charge in [-0.05, 0) is 77.4 Å². The van der Waals surface area contributed by atoms with E-state index in [9.17, 15) is 4.39 Å². The molecule has 0 amide bonds. The van der Waals surface area contributed by atoms with E-state index in [2.05, 4.69) is 47.0 Å². The highest BCUT2D eigenvalue weighted by atomic mass is 127. The highest BCUT2D eigenvalue weighted by Crippen LogP contribution is 2.32. The van der Waals surface area contributed by atoms with Gasteiger partial charge in [0.05, 0.1) is 6.04 Å². The number of benzene rings is 2. The van der Waals surface area contributed by atoms with Crippen LogP contribution in [0.3, 0.4) is 0 Å². The number of nitrogens with one attached hydrogen (secondary N) is 1. The first-order valence-electron chi connectivity index (χ1n) is 6.98. The van der Waals surface area contributed by atoms with E-state index in [1.54, 1.807) is 6.92 Å². The SMILES string of the molecule is CCCNC(c1cc(C)c(F)cc1Cl)c1ccccc1I. The number of halogens is 3. The molecule has 0 saturated carbocycles. The Morgan fingerprint density at radius 1 is 1.24 bits per heavy atom. The summed E-state index contributed by atoms with van der Waals surface area (Å²) in [5.41, 5.74) is 2.70. The molecule has 0 aliphatic rings. The molecule has 0 fully saturated rings. The Bertz CT molecular complexity index is 630. The second-order valence-electron chi connectivity index (χ2n) is 5.03. The standard InChI is InChI=1S/C17H18ClFIN/c1-3-8-21-17(12-6-4-5-7-16(12)20)13-9-11(2)15(19)10-14(13)18/h4-7,9-10,17,21H,3,8H2,1-2H3. The lowest BCUT2D eigenvalue weighted by Crippen LogP contribution is -2.24. The van der Waals surface area contributed by atoms with Crippen molar-refractivity contribution in [1.82, 2.24) is 5.32 Å². The highest BCUT2D eigenvalue weighted by Gasteiger charge is 2.19. The van der Waals surface area contributed by atoms with Crippen LogP contribution in [0.15, 0.2) is 36.4 Å². The Morgan fingerprint density at radius 2 is 1.95 bits per heavy atom. The van der Waals surface area contributed by atoms with Gasteiger partial charge in [0.15, 0.2) is 0 Å². The van der Waals surface area contributed by atoms with Gasteiger partial charge in [-0.15, -0.1) is 0 Å². The molecule has 0 heterocycles. The van der Waals surface area contributed by atoms with Crippen molar-refractivity contribution in [3.8, 4) is 0 Å². The summed E-state index contributed by atoms with van der Waals surface area (Å²) in [6.45, 7) is 4.77. The van der Waals surface area contributed by atoms with Gasteiger partial charge in [0.2, 0.25) is 0 Å². The predicted molar refractivity (Wildman–Crippen MR) is 95.4 cm³/mol. The Labute approximate surface area is 144 Å². The van der Waals surface area contributed by atoms with Crippen LogP contribution in [-0.4, -0.2) is 6.54 Å². The second-order valence-corrected chi connectivity index (χ2v) is 6.60. The largest absolute Gasteiger partial charge is 0.306 e. The van der Waals surface area contributed by atoms with Crippen LogP contribution in [0.5, 0.6) is 0 Å². The molecule has 0 radical (unpaired) electrons. The summed E-state index contributed by atoms with van der Waals surface area (Å²) in [6, 6.07) is 11.4. The molecule has 0 saturated heterocycles. The van der Waals surface area contributed by atoms with Gasteiger partial charge < -0.3 is 5.32 Å². The zero-order valence-corrected chi connectivity index (χ0v) is 15.0. The van der Waals surface area contributed by atoms with Crippen molar-refractivity contribution in [2.24, 2.45) is 0 Å². The average Bonchev–Trinajstić information content (AvgIpc) is 2.46. The fourth-order valence-electron chi connectivity index (χ4n) is 2.29. The van der Waals surface area contributed by atoms with E-state index in [1.807, 2.05) is 18.2 Å². The molecule has 112 valence electrons. The van der Waals surface area contributed by atoms with Crippen LogP contribution in [0, 0.1) is 16.3 Å². The molecule has 0 aromatic heterocycles. The minimum atomic E-state index is -0.263. The lowest BCUT2D eigenvalue weighted by molar-refractivity contribution is 0.589. The summed E-state index contributed by atoms with van der Waals surface area (Å²) in [6.07, 6.45) is 1.03.